The zero-order valence-electron chi connectivity index (χ0n) is 11.8. The molecule has 0 unspecified atom stereocenters. The highest BCUT2D eigenvalue weighted by Gasteiger charge is 2.24. The third-order valence-corrected chi connectivity index (χ3v) is 4.90. The van der Waals surface area contributed by atoms with Crippen molar-refractivity contribution in [2.24, 2.45) is 0 Å². The maximum absolute atomic E-state index is 11.5. The summed E-state index contributed by atoms with van der Waals surface area (Å²) in [5.41, 5.74) is 2.15. The van der Waals surface area contributed by atoms with Gasteiger partial charge in [0.1, 0.15) is 0 Å². The summed E-state index contributed by atoms with van der Waals surface area (Å²) in [6.07, 6.45) is 1.73. The third-order valence-electron chi connectivity index (χ3n) is 3.08. The Bertz CT molecular complexity index is 749. The van der Waals surface area contributed by atoms with Crippen molar-refractivity contribution >= 4 is 40.7 Å². The van der Waals surface area contributed by atoms with E-state index >= 15 is 0 Å². The Morgan fingerprint density at radius 3 is 2.09 bits per heavy atom. The van der Waals surface area contributed by atoms with Crippen LogP contribution in [-0.2, 0) is 4.79 Å². The normalized spacial score (nSPS) is 16.1. The minimum Gasteiger partial charge on any atom is -0.282 e. The van der Waals surface area contributed by atoms with Gasteiger partial charge >= 0.3 is 0 Å². The lowest BCUT2D eigenvalue weighted by atomic mass is 10.2. The summed E-state index contributed by atoms with van der Waals surface area (Å²) >= 11 is 2.62. The van der Waals surface area contributed by atoms with E-state index in [9.17, 15) is 9.59 Å². The van der Waals surface area contributed by atoms with Crippen molar-refractivity contribution in [2.45, 2.75) is 16.7 Å². The fourth-order valence-corrected chi connectivity index (χ4v) is 3.45. The summed E-state index contributed by atoms with van der Waals surface area (Å²) < 4.78 is 0. The Morgan fingerprint density at radius 2 is 1.55 bits per heavy atom. The number of nitrogens with one attached hydrogen (secondary N) is 1. The Hall–Kier alpha value is -1.98. The van der Waals surface area contributed by atoms with E-state index in [1.807, 2.05) is 24.3 Å². The van der Waals surface area contributed by atoms with E-state index in [-0.39, 0.29) is 11.1 Å². The summed E-state index contributed by atoms with van der Waals surface area (Å²) in [4.78, 5) is 25.4. The van der Waals surface area contributed by atoms with Crippen LogP contribution in [0.5, 0.6) is 0 Å². The average Bonchev–Trinajstić information content (AvgIpc) is 2.81. The molecule has 5 heteroatoms. The van der Waals surface area contributed by atoms with Gasteiger partial charge in [-0.25, -0.2) is 0 Å². The maximum atomic E-state index is 11.5. The number of carbonyl (C=O) groups is 2. The SMILES string of the molecule is Cc1ccc(Sc2ccc(C=C3SC(=O)NC3=O)cc2)cc1. The molecule has 2 amide bonds. The number of aryl methyl sites for hydroxylation is 1. The summed E-state index contributed by atoms with van der Waals surface area (Å²) in [7, 11) is 0. The van der Waals surface area contributed by atoms with Crippen LogP contribution < -0.4 is 5.32 Å². The molecule has 1 heterocycles. The van der Waals surface area contributed by atoms with Crippen molar-refractivity contribution in [1.29, 1.82) is 0 Å². The van der Waals surface area contributed by atoms with Crippen LogP contribution in [0.4, 0.5) is 4.79 Å². The molecule has 0 spiro atoms. The molecule has 1 fully saturated rings. The second-order valence-electron chi connectivity index (χ2n) is 4.84. The fraction of sp³-hybridized carbons (Fsp3) is 0.0588. The van der Waals surface area contributed by atoms with Gasteiger partial charge in [-0.15, -0.1) is 0 Å². The molecule has 0 bridgehead atoms. The molecule has 1 N–H and O–H groups in total. The van der Waals surface area contributed by atoms with Gasteiger partial charge in [0, 0.05) is 9.79 Å². The molecule has 0 aliphatic carbocycles. The minimum atomic E-state index is -0.326. The van der Waals surface area contributed by atoms with Crippen molar-refractivity contribution in [3.8, 4) is 0 Å². The monoisotopic (exact) mass is 327 g/mol. The van der Waals surface area contributed by atoms with Gasteiger partial charge in [0.15, 0.2) is 0 Å². The number of imide groups is 1. The lowest BCUT2D eigenvalue weighted by molar-refractivity contribution is -0.115. The molecule has 110 valence electrons. The summed E-state index contributed by atoms with van der Waals surface area (Å²) in [6, 6.07) is 16.3. The highest BCUT2D eigenvalue weighted by molar-refractivity contribution is 8.18. The third kappa shape index (κ3) is 3.61. The van der Waals surface area contributed by atoms with E-state index < -0.39 is 0 Å². The average molecular weight is 327 g/mol. The van der Waals surface area contributed by atoms with Crippen LogP contribution in [-0.4, -0.2) is 11.1 Å². The van der Waals surface area contributed by atoms with Gasteiger partial charge in [0.05, 0.1) is 4.91 Å². The number of carbonyl (C=O) groups excluding carboxylic acids is 2. The van der Waals surface area contributed by atoms with E-state index in [1.54, 1.807) is 17.8 Å². The molecule has 0 aromatic heterocycles. The number of benzene rings is 2. The highest BCUT2D eigenvalue weighted by Crippen LogP contribution is 2.29. The predicted octanol–water partition coefficient (Wildman–Crippen LogP) is 4.47. The second-order valence-corrected chi connectivity index (χ2v) is 7.00. The summed E-state index contributed by atoms with van der Waals surface area (Å²) in [5, 5.41) is 1.93. The van der Waals surface area contributed by atoms with Crippen LogP contribution in [0.2, 0.25) is 0 Å². The Kier molecular flexibility index (Phi) is 4.36. The van der Waals surface area contributed by atoms with Gasteiger partial charge in [-0.1, -0.05) is 41.6 Å². The first-order chi connectivity index (χ1) is 10.6. The van der Waals surface area contributed by atoms with Crippen molar-refractivity contribution in [2.75, 3.05) is 0 Å². The molecule has 1 saturated heterocycles. The molecule has 0 atom stereocenters. The van der Waals surface area contributed by atoms with E-state index in [2.05, 4.69) is 36.5 Å². The zero-order valence-corrected chi connectivity index (χ0v) is 13.5. The van der Waals surface area contributed by atoms with Crippen molar-refractivity contribution in [3.63, 3.8) is 0 Å². The molecule has 0 saturated carbocycles. The van der Waals surface area contributed by atoms with Gasteiger partial charge in [-0.2, -0.15) is 0 Å². The first-order valence-electron chi connectivity index (χ1n) is 6.69. The maximum Gasteiger partial charge on any atom is 0.290 e. The predicted molar refractivity (Wildman–Crippen MR) is 90.9 cm³/mol. The van der Waals surface area contributed by atoms with Crippen molar-refractivity contribution in [1.82, 2.24) is 5.32 Å². The topological polar surface area (TPSA) is 46.2 Å². The second kappa shape index (κ2) is 6.42. The number of thioether (sulfide) groups is 1. The standard InChI is InChI=1S/C17H13NO2S2/c1-11-2-6-13(7-3-11)21-14-8-4-12(5-9-14)10-15-16(19)18-17(20)22-15/h2-10H,1H3,(H,18,19,20). The smallest absolute Gasteiger partial charge is 0.282 e. The van der Waals surface area contributed by atoms with E-state index in [1.165, 1.54) is 10.5 Å². The first-order valence-corrected chi connectivity index (χ1v) is 8.33. The Balaban J connectivity index is 1.73. The largest absolute Gasteiger partial charge is 0.290 e. The van der Waals surface area contributed by atoms with E-state index in [0.29, 0.717) is 4.91 Å². The molecule has 3 nitrogen and oxygen atoms in total. The molecular formula is C17H13NO2S2. The van der Waals surface area contributed by atoms with Gasteiger partial charge in [0.2, 0.25) is 0 Å². The molecular weight excluding hydrogens is 314 g/mol. The van der Waals surface area contributed by atoms with Crippen molar-refractivity contribution < 1.29 is 9.59 Å². The molecule has 22 heavy (non-hydrogen) atoms. The van der Waals surface area contributed by atoms with Crippen LogP contribution >= 0.6 is 23.5 Å². The number of hydrogen-bond acceptors (Lipinski definition) is 4. The van der Waals surface area contributed by atoms with Crippen LogP contribution in [0.25, 0.3) is 6.08 Å². The number of amides is 2. The Labute approximate surface area is 137 Å². The number of rotatable bonds is 3. The van der Waals surface area contributed by atoms with Gasteiger partial charge in [-0.05, 0) is 54.6 Å². The quantitative estimate of drug-likeness (QED) is 0.845. The van der Waals surface area contributed by atoms with Crippen LogP contribution in [0.15, 0.2) is 63.2 Å². The Morgan fingerprint density at radius 1 is 0.955 bits per heavy atom. The van der Waals surface area contributed by atoms with Crippen molar-refractivity contribution in [3.05, 3.63) is 64.6 Å². The lowest BCUT2D eigenvalue weighted by Gasteiger charge is -2.03. The zero-order chi connectivity index (χ0) is 15.5. The minimum absolute atomic E-state index is 0.317. The van der Waals surface area contributed by atoms with E-state index in [4.69, 9.17) is 0 Å². The van der Waals surface area contributed by atoms with Crippen LogP contribution in [0, 0.1) is 6.92 Å². The molecule has 0 radical (unpaired) electrons. The summed E-state index contributed by atoms with van der Waals surface area (Å²) in [6.45, 7) is 2.07. The lowest BCUT2D eigenvalue weighted by Crippen LogP contribution is -2.17. The molecule has 1 aliphatic rings. The molecule has 1 aliphatic heterocycles. The van der Waals surface area contributed by atoms with Crippen LogP contribution in [0.3, 0.4) is 0 Å². The number of hydrogen-bond donors (Lipinski definition) is 1. The highest BCUT2D eigenvalue weighted by atomic mass is 32.2. The first kappa shape index (κ1) is 14.9. The van der Waals surface area contributed by atoms with E-state index in [0.717, 1.165) is 22.2 Å². The molecule has 3 rings (SSSR count). The molecule has 2 aromatic rings. The summed E-state index contributed by atoms with van der Waals surface area (Å²) in [5.74, 6) is -0.326. The van der Waals surface area contributed by atoms with Gasteiger partial charge in [-0.3, -0.25) is 14.9 Å². The molecule has 2 aromatic carbocycles. The van der Waals surface area contributed by atoms with Gasteiger partial charge < -0.3 is 0 Å². The van der Waals surface area contributed by atoms with Gasteiger partial charge in [0.25, 0.3) is 11.1 Å². The fourth-order valence-electron chi connectivity index (χ4n) is 1.95. The van der Waals surface area contributed by atoms with Crippen LogP contribution in [0.1, 0.15) is 11.1 Å².